The first kappa shape index (κ1) is 23.3. The Kier molecular flexibility index (Phi) is 6.79. The van der Waals surface area contributed by atoms with Gasteiger partial charge in [0.05, 0.1) is 13.2 Å². The number of fused-ring (bicyclic) bond motifs is 1. The molecule has 3 aromatic carbocycles. The van der Waals surface area contributed by atoms with E-state index in [1.54, 1.807) is 25.3 Å². The minimum Gasteiger partial charge on any atom is -0.497 e. The first-order chi connectivity index (χ1) is 16.3. The van der Waals surface area contributed by atoms with Crippen LogP contribution in [0.4, 0.5) is 5.69 Å². The van der Waals surface area contributed by atoms with Crippen molar-refractivity contribution in [3.8, 4) is 23.0 Å². The highest BCUT2D eigenvalue weighted by atomic mass is 32.1. The molecule has 0 spiro atoms. The molecule has 1 amide bonds. The zero-order chi connectivity index (χ0) is 24.2. The van der Waals surface area contributed by atoms with Crippen LogP contribution in [0.2, 0.25) is 0 Å². The molecule has 2 N–H and O–H groups in total. The number of aromatic nitrogens is 1. The Balaban J connectivity index is 1.49. The lowest BCUT2D eigenvalue weighted by molar-refractivity contribution is 0.0977. The third-order valence-electron chi connectivity index (χ3n) is 5.02. The predicted octanol–water partition coefficient (Wildman–Crippen LogP) is 5.73. The van der Waals surface area contributed by atoms with Crippen molar-refractivity contribution in [2.45, 2.75) is 26.9 Å². The monoisotopic (exact) mass is 475 g/mol. The molecule has 0 aliphatic heterocycles. The van der Waals surface area contributed by atoms with Gasteiger partial charge in [-0.05, 0) is 81.0 Å². The van der Waals surface area contributed by atoms with Gasteiger partial charge in [0.2, 0.25) is 5.89 Å². The van der Waals surface area contributed by atoms with E-state index in [4.69, 9.17) is 26.1 Å². The molecule has 1 heterocycles. The van der Waals surface area contributed by atoms with Crippen molar-refractivity contribution >= 4 is 40.0 Å². The van der Waals surface area contributed by atoms with Crippen LogP contribution in [0.15, 0.2) is 65.1 Å². The molecular formula is C26H25N3O4S. The van der Waals surface area contributed by atoms with Gasteiger partial charge in [-0.15, -0.1) is 0 Å². The second-order valence-corrected chi connectivity index (χ2v) is 8.39. The molecule has 0 bridgehead atoms. The van der Waals surface area contributed by atoms with E-state index < -0.39 is 0 Å². The van der Waals surface area contributed by atoms with Crippen LogP contribution in [-0.4, -0.2) is 29.2 Å². The minimum atomic E-state index is -0.326. The molecule has 34 heavy (non-hydrogen) atoms. The second-order valence-electron chi connectivity index (χ2n) is 7.99. The van der Waals surface area contributed by atoms with Crippen LogP contribution in [0.3, 0.4) is 0 Å². The number of anilines is 1. The summed E-state index contributed by atoms with van der Waals surface area (Å²) in [6.45, 7) is 5.81. The number of carbonyl (C=O) groups excluding carboxylic acids is 1. The van der Waals surface area contributed by atoms with Crippen LogP contribution in [0.5, 0.6) is 11.5 Å². The number of methoxy groups -OCH3 is 1. The molecule has 8 heteroatoms. The van der Waals surface area contributed by atoms with Crippen LogP contribution < -0.4 is 20.1 Å². The molecule has 0 saturated carbocycles. The standard InChI is InChI=1S/C26H25N3O4S/c1-15(2)32-20-7-5-6-17(12-20)24(30)29-26(34)28-21-13-18(9-8-16(21)3)25-27-22-14-19(31-4)10-11-23(22)33-25/h5-15H,1-4H3,(H2,28,29,30,34). The van der Waals surface area contributed by atoms with E-state index in [0.29, 0.717) is 34.1 Å². The lowest BCUT2D eigenvalue weighted by Crippen LogP contribution is -2.34. The van der Waals surface area contributed by atoms with Crippen molar-refractivity contribution in [1.29, 1.82) is 0 Å². The fourth-order valence-electron chi connectivity index (χ4n) is 3.36. The summed E-state index contributed by atoms with van der Waals surface area (Å²) in [5.74, 6) is 1.48. The van der Waals surface area contributed by atoms with Crippen molar-refractivity contribution in [3.05, 3.63) is 71.8 Å². The molecule has 0 aliphatic rings. The summed E-state index contributed by atoms with van der Waals surface area (Å²) in [5.41, 5.74) is 4.28. The first-order valence-corrected chi connectivity index (χ1v) is 11.2. The largest absolute Gasteiger partial charge is 0.497 e. The first-order valence-electron chi connectivity index (χ1n) is 10.8. The van der Waals surface area contributed by atoms with Gasteiger partial charge < -0.3 is 19.2 Å². The van der Waals surface area contributed by atoms with Crippen molar-refractivity contribution < 1.29 is 18.7 Å². The third kappa shape index (κ3) is 5.35. The molecule has 7 nitrogen and oxygen atoms in total. The third-order valence-corrected chi connectivity index (χ3v) is 5.23. The Bertz CT molecular complexity index is 1360. The molecule has 4 rings (SSSR count). The summed E-state index contributed by atoms with van der Waals surface area (Å²) in [7, 11) is 1.61. The molecule has 0 saturated heterocycles. The van der Waals surface area contributed by atoms with Crippen molar-refractivity contribution in [2.75, 3.05) is 12.4 Å². The summed E-state index contributed by atoms with van der Waals surface area (Å²) in [6, 6.07) is 18.2. The Hall–Kier alpha value is -3.91. The van der Waals surface area contributed by atoms with Crippen LogP contribution in [0, 0.1) is 6.92 Å². The van der Waals surface area contributed by atoms with E-state index in [9.17, 15) is 4.79 Å². The zero-order valence-corrected chi connectivity index (χ0v) is 20.2. The number of benzene rings is 3. The molecule has 0 aliphatic carbocycles. The van der Waals surface area contributed by atoms with E-state index in [1.165, 1.54) is 0 Å². The average Bonchev–Trinajstić information content (AvgIpc) is 3.23. The highest BCUT2D eigenvalue weighted by Gasteiger charge is 2.13. The van der Waals surface area contributed by atoms with Gasteiger partial charge >= 0.3 is 0 Å². The van der Waals surface area contributed by atoms with E-state index in [-0.39, 0.29) is 17.1 Å². The fourth-order valence-corrected chi connectivity index (χ4v) is 3.56. The predicted molar refractivity (Wildman–Crippen MR) is 137 cm³/mol. The molecular weight excluding hydrogens is 450 g/mol. The normalized spacial score (nSPS) is 10.9. The topological polar surface area (TPSA) is 85.6 Å². The number of amides is 1. The van der Waals surface area contributed by atoms with E-state index >= 15 is 0 Å². The molecule has 1 aromatic heterocycles. The van der Waals surface area contributed by atoms with E-state index in [0.717, 1.165) is 16.8 Å². The van der Waals surface area contributed by atoms with Crippen molar-refractivity contribution in [2.24, 2.45) is 0 Å². The molecule has 0 atom stereocenters. The Morgan fingerprint density at radius 3 is 2.65 bits per heavy atom. The number of hydrogen-bond acceptors (Lipinski definition) is 6. The zero-order valence-electron chi connectivity index (χ0n) is 19.3. The SMILES string of the molecule is COc1ccc2oc(-c3ccc(C)c(NC(=S)NC(=O)c4cccc(OC(C)C)c4)c3)nc2c1. The minimum absolute atomic E-state index is 0.0135. The number of hydrogen-bond donors (Lipinski definition) is 2. The van der Waals surface area contributed by atoms with Gasteiger partial charge in [0.15, 0.2) is 10.7 Å². The molecule has 0 unspecified atom stereocenters. The van der Waals surface area contributed by atoms with Gasteiger partial charge in [-0.3, -0.25) is 10.1 Å². The van der Waals surface area contributed by atoms with Crippen LogP contribution in [0.25, 0.3) is 22.6 Å². The molecule has 0 radical (unpaired) electrons. The smallest absolute Gasteiger partial charge is 0.257 e. The number of carbonyl (C=O) groups is 1. The van der Waals surface area contributed by atoms with Gasteiger partial charge in [-0.2, -0.15) is 0 Å². The number of nitrogens with zero attached hydrogens (tertiary/aromatic N) is 1. The lowest BCUT2D eigenvalue weighted by Gasteiger charge is -2.14. The summed E-state index contributed by atoms with van der Waals surface area (Å²) in [5, 5.41) is 6.00. The molecule has 174 valence electrons. The Morgan fingerprint density at radius 1 is 1.06 bits per heavy atom. The number of nitrogens with one attached hydrogen (secondary N) is 2. The van der Waals surface area contributed by atoms with Crippen molar-refractivity contribution in [3.63, 3.8) is 0 Å². The van der Waals surface area contributed by atoms with E-state index in [2.05, 4.69) is 15.6 Å². The lowest BCUT2D eigenvalue weighted by atomic mass is 10.1. The number of thiocarbonyl (C=S) groups is 1. The van der Waals surface area contributed by atoms with Crippen molar-refractivity contribution in [1.82, 2.24) is 10.3 Å². The van der Waals surface area contributed by atoms with Crippen LogP contribution >= 0.6 is 12.2 Å². The second kappa shape index (κ2) is 9.93. The molecule has 4 aromatic rings. The van der Waals surface area contributed by atoms with Gasteiger partial charge in [0.25, 0.3) is 5.91 Å². The average molecular weight is 476 g/mol. The maximum atomic E-state index is 12.7. The van der Waals surface area contributed by atoms with Gasteiger partial charge in [0.1, 0.15) is 17.0 Å². The van der Waals surface area contributed by atoms with Crippen LogP contribution in [0.1, 0.15) is 29.8 Å². The highest BCUT2D eigenvalue weighted by Crippen LogP contribution is 2.29. The Morgan fingerprint density at radius 2 is 1.88 bits per heavy atom. The number of rotatable bonds is 6. The summed E-state index contributed by atoms with van der Waals surface area (Å²) in [4.78, 5) is 17.2. The fraction of sp³-hybridized carbons (Fsp3) is 0.192. The van der Waals surface area contributed by atoms with Gasteiger partial charge in [-0.25, -0.2) is 4.98 Å². The summed E-state index contributed by atoms with van der Waals surface area (Å²) in [6.07, 6.45) is 0.0135. The summed E-state index contributed by atoms with van der Waals surface area (Å²) >= 11 is 5.39. The quantitative estimate of drug-likeness (QED) is 0.345. The van der Waals surface area contributed by atoms with E-state index in [1.807, 2.05) is 63.2 Å². The number of oxazole rings is 1. The number of ether oxygens (including phenoxy) is 2. The maximum absolute atomic E-state index is 12.7. The van der Waals surface area contributed by atoms with Gasteiger partial charge in [-0.1, -0.05) is 12.1 Å². The number of aryl methyl sites for hydroxylation is 1. The Labute approximate surface area is 203 Å². The van der Waals surface area contributed by atoms with Crippen LogP contribution in [-0.2, 0) is 0 Å². The van der Waals surface area contributed by atoms with Gasteiger partial charge in [0, 0.05) is 22.9 Å². The summed E-state index contributed by atoms with van der Waals surface area (Å²) < 4.78 is 16.8. The highest BCUT2D eigenvalue weighted by molar-refractivity contribution is 7.80. The maximum Gasteiger partial charge on any atom is 0.257 e. The molecule has 0 fully saturated rings.